The zero-order valence-corrected chi connectivity index (χ0v) is 18.1. The number of nitrogens with zero attached hydrogens (tertiary/aromatic N) is 2. The number of imide groups is 2. The Morgan fingerprint density at radius 2 is 1.60 bits per heavy atom. The maximum atomic E-state index is 13.1. The molecule has 0 aromatic heterocycles. The molecule has 0 bridgehead atoms. The molecule has 0 N–H and O–H groups in total. The predicted molar refractivity (Wildman–Crippen MR) is 101 cm³/mol. The summed E-state index contributed by atoms with van der Waals surface area (Å²) in [6.45, 7) is 10.0. The van der Waals surface area contributed by atoms with E-state index in [4.69, 9.17) is 16.0 Å². The van der Waals surface area contributed by atoms with Crippen LogP contribution in [0.5, 0.6) is 0 Å². The summed E-state index contributed by atoms with van der Waals surface area (Å²) in [5.74, 6) is -0.912. The van der Waals surface area contributed by atoms with Crippen LogP contribution in [0.4, 0.5) is 4.79 Å². The zero-order valence-electron chi connectivity index (χ0n) is 16.4. The second-order valence-corrected chi connectivity index (χ2v) is 12.7. The van der Waals surface area contributed by atoms with Crippen LogP contribution in [0.2, 0.25) is 19.6 Å². The third kappa shape index (κ3) is 4.44. The third-order valence-corrected chi connectivity index (χ3v) is 6.14. The lowest BCUT2D eigenvalue weighted by Gasteiger charge is -2.46. The van der Waals surface area contributed by atoms with Crippen LogP contribution in [-0.2, 0) is 14.0 Å². The van der Waals surface area contributed by atoms with E-state index in [2.05, 4.69) is 0 Å². The Morgan fingerprint density at radius 1 is 1.12 bits per heavy atom. The molecule has 0 aliphatic carbocycles. The van der Waals surface area contributed by atoms with Crippen molar-refractivity contribution in [3.8, 4) is 0 Å². The smallest absolute Gasteiger partial charge is 0.332 e. The minimum atomic E-state index is -1.90. The van der Waals surface area contributed by atoms with Gasteiger partial charge in [-0.25, -0.2) is 4.79 Å². The minimum absolute atomic E-state index is 0.196. The van der Waals surface area contributed by atoms with Gasteiger partial charge >= 0.3 is 6.03 Å². The molecule has 0 aromatic rings. The number of carbonyl (C=O) groups excluding carboxylic acids is 3. The van der Waals surface area contributed by atoms with E-state index in [-0.39, 0.29) is 18.2 Å². The van der Waals surface area contributed by atoms with E-state index in [1.807, 2.05) is 33.5 Å². The summed E-state index contributed by atoms with van der Waals surface area (Å²) in [5, 5.41) is 0. The molecule has 144 valence electrons. The van der Waals surface area contributed by atoms with Crippen molar-refractivity contribution in [2.24, 2.45) is 11.3 Å². The first kappa shape index (κ1) is 22.1. The molecular weight excluding hydrogens is 360 g/mol. The highest BCUT2D eigenvalue weighted by molar-refractivity contribution is 6.69. The number of urea groups is 1. The summed E-state index contributed by atoms with van der Waals surface area (Å²) in [4.78, 5) is 40.5. The van der Waals surface area contributed by atoms with E-state index in [1.165, 1.54) is 14.1 Å². The Balaban J connectivity index is 3.37. The molecule has 4 amide bonds. The van der Waals surface area contributed by atoms with Gasteiger partial charge in [-0.2, -0.15) is 0 Å². The normalized spacial score (nSPS) is 20.9. The Hall–Kier alpha value is -0.923. The van der Waals surface area contributed by atoms with Crippen molar-refractivity contribution in [3.63, 3.8) is 0 Å². The maximum Gasteiger partial charge on any atom is 0.332 e. The van der Waals surface area contributed by atoms with Crippen LogP contribution in [-0.4, -0.2) is 62.0 Å². The molecule has 0 spiro atoms. The van der Waals surface area contributed by atoms with Crippen molar-refractivity contribution in [3.05, 3.63) is 0 Å². The highest BCUT2D eigenvalue weighted by atomic mass is 35.5. The fourth-order valence-electron chi connectivity index (χ4n) is 3.55. The van der Waals surface area contributed by atoms with Crippen LogP contribution >= 0.6 is 11.6 Å². The lowest BCUT2D eigenvalue weighted by molar-refractivity contribution is -0.163. The van der Waals surface area contributed by atoms with Crippen molar-refractivity contribution < 1.29 is 18.8 Å². The topological polar surface area (TPSA) is 66.9 Å². The van der Waals surface area contributed by atoms with E-state index in [0.717, 1.165) is 16.2 Å². The van der Waals surface area contributed by atoms with Crippen molar-refractivity contribution in [1.82, 2.24) is 9.80 Å². The maximum absolute atomic E-state index is 13.1. The van der Waals surface area contributed by atoms with Crippen LogP contribution in [0.15, 0.2) is 0 Å². The van der Waals surface area contributed by atoms with Gasteiger partial charge in [0.15, 0.2) is 8.32 Å². The molecule has 0 aromatic carbocycles. The molecule has 1 aliphatic heterocycles. The highest BCUT2D eigenvalue weighted by Crippen LogP contribution is 2.43. The average Bonchev–Trinajstić information content (AvgIpc) is 2.53. The van der Waals surface area contributed by atoms with Gasteiger partial charge in [-0.15, -0.1) is 11.6 Å². The zero-order chi connectivity index (χ0) is 19.6. The highest BCUT2D eigenvalue weighted by Gasteiger charge is 2.58. The molecule has 2 atom stereocenters. The molecule has 2 unspecified atom stereocenters. The summed E-state index contributed by atoms with van der Waals surface area (Å²) >= 11 is 6.11. The van der Waals surface area contributed by atoms with E-state index in [1.54, 1.807) is 0 Å². The number of alkyl halides is 1. The van der Waals surface area contributed by atoms with Crippen LogP contribution in [0.25, 0.3) is 0 Å². The number of hydrogen-bond acceptors (Lipinski definition) is 4. The summed E-state index contributed by atoms with van der Waals surface area (Å²) in [6, 6.07) is -0.595. The molecule has 25 heavy (non-hydrogen) atoms. The predicted octanol–water partition coefficient (Wildman–Crippen LogP) is 3.31. The van der Waals surface area contributed by atoms with Crippen molar-refractivity contribution in [2.45, 2.75) is 58.9 Å². The van der Waals surface area contributed by atoms with E-state index in [0.29, 0.717) is 6.42 Å². The summed E-state index contributed by atoms with van der Waals surface area (Å²) < 4.78 is 6.12. The van der Waals surface area contributed by atoms with Crippen LogP contribution in [0.1, 0.15) is 33.1 Å². The molecular formula is C17H31ClN2O4Si. The van der Waals surface area contributed by atoms with Crippen LogP contribution in [0, 0.1) is 11.3 Å². The first-order valence-electron chi connectivity index (χ1n) is 8.76. The molecule has 8 heteroatoms. The van der Waals surface area contributed by atoms with Crippen LogP contribution in [0.3, 0.4) is 0 Å². The van der Waals surface area contributed by atoms with Gasteiger partial charge in [-0.3, -0.25) is 19.4 Å². The molecule has 1 saturated heterocycles. The standard InChI is InChI=1S/C17H31ClN2O4Si/c1-8-9-12(2)17(10-13(11-18)24-25(5,6)7)14(21)19(3)16(23)20(4)15(17)22/h12-13H,8-11H2,1-7H3. The largest absolute Gasteiger partial charge is 0.413 e. The average molecular weight is 391 g/mol. The lowest BCUT2D eigenvalue weighted by atomic mass is 9.67. The number of rotatable bonds is 8. The Morgan fingerprint density at radius 3 is 1.96 bits per heavy atom. The first-order chi connectivity index (χ1) is 11.4. The third-order valence-electron chi connectivity index (χ3n) is 4.75. The number of carbonyl (C=O) groups is 3. The van der Waals surface area contributed by atoms with Gasteiger partial charge in [-0.1, -0.05) is 20.3 Å². The lowest BCUT2D eigenvalue weighted by Crippen LogP contribution is -2.66. The molecule has 0 saturated carbocycles. The van der Waals surface area contributed by atoms with Gasteiger partial charge in [0, 0.05) is 20.0 Å². The van der Waals surface area contributed by atoms with Crippen molar-refractivity contribution in [1.29, 1.82) is 0 Å². The van der Waals surface area contributed by atoms with Crippen molar-refractivity contribution in [2.75, 3.05) is 20.0 Å². The Kier molecular flexibility index (Phi) is 7.24. The number of halogens is 1. The molecule has 1 fully saturated rings. The van der Waals surface area contributed by atoms with Crippen LogP contribution < -0.4 is 0 Å². The van der Waals surface area contributed by atoms with Gasteiger partial charge in [0.2, 0.25) is 11.8 Å². The molecule has 0 radical (unpaired) electrons. The van der Waals surface area contributed by atoms with E-state index in [9.17, 15) is 14.4 Å². The fourth-order valence-corrected chi connectivity index (χ4v) is 5.00. The molecule has 1 heterocycles. The van der Waals surface area contributed by atoms with E-state index < -0.39 is 37.7 Å². The monoisotopic (exact) mass is 390 g/mol. The summed E-state index contributed by atoms with van der Waals surface area (Å²) in [7, 11) is 0.949. The Bertz CT molecular complexity index is 511. The number of barbiturate groups is 1. The second-order valence-electron chi connectivity index (χ2n) is 7.88. The molecule has 1 aliphatic rings. The second kappa shape index (κ2) is 8.18. The number of amides is 4. The van der Waals surface area contributed by atoms with Gasteiger partial charge in [0.25, 0.3) is 0 Å². The molecule has 1 rings (SSSR count). The SMILES string of the molecule is CCCC(C)C1(CC(CCl)O[Si](C)(C)C)C(=O)N(C)C(=O)N(C)C1=O. The van der Waals surface area contributed by atoms with Crippen molar-refractivity contribution >= 4 is 37.8 Å². The van der Waals surface area contributed by atoms with Gasteiger partial charge < -0.3 is 4.43 Å². The number of hydrogen-bond donors (Lipinski definition) is 0. The first-order valence-corrected chi connectivity index (χ1v) is 12.7. The molecule has 6 nitrogen and oxygen atoms in total. The minimum Gasteiger partial charge on any atom is -0.413 e. The quantitative estimate of drug-likeness (QED) is 0.362. The van der Waals surface area contributed by atoms with Gasteiger partial charge in [0.05, 0.1) is 6.10 Å². The fraction of sp³-hybridized carbons (Fsp3) is 0.824. The summed E-state index contributed by atoms with van der Waals surface area (Å²) in [5.41, 5.74) is -1.31. The summed E-state index contributed by atoms with van der Waals surface area (Å²) in [6.07, 6.45) is 1.33. The van der Waals surface area contributed by atoms with Gasteiger partial charge in [-0.05, 0) is 38.4 Å². The van der Waals surface area contributed by atoms with E-state index >= 15 is 0 Å². The van der Waals surface area contributed by atoms with Gasteiger partial charge in [0.1, 0.15) is 5.41 Å². The Labute approximate surface area is 156 Å².